The van der Waals surface area contributed by atoms with Gasteiger partial charge in [0.2, 0.25) is 0 Å². The molecule has 0 aliphatic rings. The molecular weight excluding hydrogens is 462 g/mol. The molecule has 160 valence electrons. The molecule has 3 rings (SSSR count). The van der Waals surface area contributed by atoms with E-state index in [1.165, 1.54) is 23.9 Å². The standard InChI is InChI=1S/C12H9ClF3N3O.C7H7ClOS/c1-19-10(5-9(18-19)11(17)20)6-2-7(12(14,15)16)4-8(13)3-6;1-9-5-2-3-6(8)7(10)4-5/h2-5H,1H3,(H2,17,20);2-4,10H,1H3. The summed E-state index contributed by atoms with van der Waals surface area (Å²) in [5.41, 5.74) is 4.69. The lowest BCUT2D eigenvalue weighted by atomic mass is 10.1. The van der Waals surface area contributed by atoms with Crippen molar-refractivity contribution in [3.05, 3.63) is 63.8 Å². The number of nitrogens with two attached hydrogens (primary N) is 1. The Morgan fingerprint density at radius 3 is 2.33 bits per heavy atom. The Morgan fingerprint density at radius 1 is 1.17 bits per heavy atom. The van der Waals surface area contributed by atoms with Gasteiger partial charge < -0.3 is 10.5 Å². The van der Waals surface area contributed by atoms with E-state index < -0.39 is 17.6 Å². The van der Waals surface area contributed by atoms with E-state index in [2.05, 4.69) is 17.7 Å². The van der Waals surface area contributed by atoms with Crippen molar-refractivity contribution in [3.8, 4) is 17.0 Å². The molecule has 0 fully saturated rings. The Bertz CT molecular complexity index is 1070. The second-order valence-corrected chi connectivity index (χ2v) is 7.27. The van der Waals surface area contributed by atoms with Crippen molar-refractivity contribution in [2.24, 2.45) is 12.8 Å². The van der Waals surface area contributed by atoms with E-state index in [0.717, 1.165) is 22.8 Å². The molecule has 5 nitrogen and oxygen atoms in total. The number of benzene rings is 2. The first-order valence-electron chi connectivity index (χ1n) is 8.17. The van der Waals surface area contributed by atoms with Gasteiger partial charge in [-0.3, -0.25) is 9.48 Å². The van der Waals surface area contributed by atoms with Crippen molar-refractivity contribution in [2.75, 3.05) is 7.11 Å². The Hall–Kier alpha value is -2.36. The number of amides is 1. The Morgan fingerprint density at radius 2 is 1.83 bits per heavy atom. The minimum absolute atomic E-state index is 0.0314. The zero-order chi connectivity index (χ0) is 22.6. The number of hydrogen-bond acceptors (Lipinski definition) is 4. The molecule has 0 radical (unpaired) electrons. The number of ether oxygens (including phenoxy) is 1. The van der Waals surface area contributed by atoms with E-state index >= 15 is 0 Å². The maximum Gasteiger partial charge on any atom is 0.416 e. The van der Waals surface area contributed by atoms with Crippen molar-refractivity contribution >= 4 is 41.7 Å². The molecule has 0 unspecified atom stereocenters. The summed E-state index contributed by atoms with van der Waals surface area (Å²) in [5, 5.41) is 4.41. The van der Waals surface area contributed by atoms with Crippen molar-refractivity contribution < 1.29 is 22.7 Å². The highest BCUT2D eigenvalue weighted by molar-refractivity contribution is 7.80. The third-order valence-corrected chi connectivity index (χ3v) is 4.86. The minimum atomic E-state index is -4.51. The highest BCUT2D eigenvalue weighted by Crippen LogP contribution is 2.34. The smallest absolute Gasteiger partial charge is 0.416 e. The van der Waals surface area contributed by atoms with Crippen LogP contribution < -0.4 is 10.5 Å². The second-order valence-electron chi connectivity index (χ2n) is 5.95. The average molecular weight is 478 g/mol. The van der Waals surface area contributed by atoms with Gasteiger partial charge in [0, 0.05) is 22.5 Å². The first-order valence-corrected chi connectivity index (χ1v) is 9.37. The number of nitrogens with zero attached hydrogens (tertiary/aromatic N) is 2. The summed E-state index contributed by atoms with van der Waals surface area (Å²) in [5.74, 6) is 0.0133. The van der Waals surface area contributed by atoms with Gasteiger partial charge in [-0.25, -0.2) is 0 Å². The van der Waals surface area contributed by atoms with E-state index in [0.29, 0.717) is 10.7 Å². The predicted molar refractivity (Wildman–Crippen MR) is 112 cm³/mol. The average Bonchev–Trinajstić information content (AvgIpc) is 3.05. The number of carbonyl (C=O) groups excluding carboxylic acids is 1. The van der Waals surface area contributed by atoms with E-state index in [-0.39, 0.29) is 16.3 Å². The fourth-order valence-electron chi connectivity index (χ4n) is 2.38. The van der Waals surface area contributed by atoms with Crippen LogP contribution in [-0.4, -0.2) is 22.8 Å². The van der Waals surface area contributed by atoms with Gasteiger partial charge in [0.15, 0.2) is 5.69 Å². The van der Waals surface area contributed by atoms with Crippen molar-refractivity contribution in [3.63, 3.8) is 0 Å². The summed E-state index contributed by atoms with van der Waals surface area (Å²) in [6.07, 6.45) is -4.51. The molecule has 3 aromatic rings. The zero-order valence-corrected chi connectivity index (χ0v) is 18.1. The summed E-state index contributed by atoms with van der Waals surface area (Å²) in [6.45, 7) is 0. The first kappa shape index (κ1) is 23.9. The van der Waals surface area contributed by atoms with E-state index in [1.807, 2.05) is 0 Å². The number of aryl methyl sites for hydroxylation is 1. The number of primary amides is 1. The minimum Gasteiger partial charge on any atom is -0.497 e. The van der Waals surface area contributed by atoms with Crippen molar-refractivity contribution in [1.82, 2.24) is 9.78 Å². The Kier molecular flexibility index (Phi) is 7.68. The fourth-order valence-corrected chi connectivity index (χ4v) is 2.93. The van der Waals surface area contributed by atoms with Gasteiger partial charge in [-0.15, -0.1) is 12.6 Å². The number of hydrogen-bond donors (Lipinski definition) is 2. The largest absolute Gasteiger partial charge is 0.497 e. The van der Waals surface area contributed by atoms with Crippen LogP contribution in [0.5, 0.6) is 5.75 Å². The molecule has 0 atom stereocenters. The second kappa shape index (κ2) is 9.63. The van der Waals surface area contributed by atoms with Crippen LogP contribution in [0, 0.1) is 0 Å². The lowest BCUT2D eigenvalue weighted by molar-refractivity contribution is -0.137. The van der Waals surface area contributed by atoms with Gasteiger partial charge in [-0.05, 0) is 42.5 Å². The summed E-state index contributed by atoms with van der Waals surface area (Å²) in [6, 6.07) is 9.76. The molecule has 0 saturated heterocycles. The Balaban J connectivity index is 0.000000269. The predicted octanol–water partition coefficient (Wildman–Crippen LogP) is 5.50. The number of carbonyl (C=O) groups is 1. The van der Waals surface area contributed by atoms with E-state index in [9.17, 15) is 18.0 Å². The third-order valence-electron chi connectivity index (χ3n) is 3.81. The van der Waals surface area contributed by atoms with Gasteiger partial charge in [-0.2, -0.15) is 18.3 Å². The van der Waals surface area contributed by atoms with Crippen LogP contribution >= 0.6 is 35.8 Å². The number of rotatable bonds is 3. The maximum atomic E-state index is 12.7. The van der Waals surface area contributed by atoms with Crippen LogP contribution in [-0.2, 0) is 13.2 Å². The molecule has 2 N–H and O–H groups in total. The summed E-state index contributed by atoms with van der Waals surface area (Å²) >= 11 is 15.5. The normalized spacial score (nSPS) is 10.9. The molecule has 11 heteroatoms. The van der Waals surface area contributed by atoms with Gasteiger partial charge in [0.1, 0.15) is 5.75 Å². The summed E-state index contributed by atoms with van der Waals surface area (Å²) in [4.78, 5) is 11.8. The SMILES string of the molecule is COc1ccc(Cl)c(S)c1.Cn1nc(C(N)=O)cc1-c1cc(Cl)cc(C(F)(F)F)c1. The molecule has 30 heavy (non-hydrogen) atoms. The van der Waals surface area contributed by atoms with Gasteiger partial charge >= 0.3 is 6.18 Å². The molecule has 1 amide bonds. The lowest BCUT2D eigenvalue weighted by Gasteiger charge is -2.10. The third kappa shape index (κ3) is 6.07. The van der Waals surface area contributed by atoms with E-state index in [4.69, 9.17) is 33.7 Å². The molecule has 0 spiro atoms. The molecule has 0 saturated carbocycles. The van der Waals surface area contributed by atoms with Crippen molar-refractivity contribution in [2.45, 2.75) is 11.1 Å². The highest BCUT2D eigenvalue weighted by atomic mass is 35.5. The zero-order valence-electron chi connectivity index (χ0n) is 15.7. The molecule has 0 aliphatic heterocycles. The Labute approximate surface area is 185 Å². The molecule has 2 aromatic carbocycles. The number of aromatic nitrogens is 2. The number of methoxy groups -OCH3 is 1. The van der Waals surface area contributed by atoms with Crippen LogP contribution in [0.25, 0.3) is 11.3 Å². The quantitative estimate of drug-likeness (QED) is 0.489. The summed E-state index contributed by atoms with van der Waals surface area (Å²) in [7, 11) is 3.10. The van der Waals surface area contributed by atoms with Gasteiger partial charge in [0.25, 0.3) is 5.91 Å². The first-order chi connectivity index (χ1) is 13.9. The van der Waals surface area contributed by atoms with Crippen molar-refractivity contribution in [1.29, 1.82) is 0 Å². The van der Waals surface area contributed by atoms with E-state index in [1.54, 1.807) is 25.3 Å². The molecule has 0 aliphatic carbocycles. The molecule has 0 bridgehead atoms. The van der Waals surface area contributed by atoms with Crippen LogP contribution in [0.3, 0.4) is 0 Å². The van der Waals surface area contributed by atoms with Gasteiger partial charge in [-0.1, -0.05) is 23.2 Å². The number of alkyl halides is 3. The van der Waals surface area contributed by atoms with Crippen LogP contribution in [0.15, 0.2) is 47.4 Å². The van der Waals surface area contributed by atoms with Crippen LogP contribution in [0.2, 0.25) is 10.0 Å². The topological polar surface area (TPSA) is 70.1 Å². The van der Waals surface area contributed by atoms with Crippen LogP contribution in [0.4, 0.5) is 13.2 Å². The lowest BCUT2D eigenvalue weighted by Crippen LogP contribution is -2.11. The highest BCUT2D eigenvalue weighted by Gasteiger charge is 2.31. The van der Waals surface area contributed by atoms with Crippen LogP contribution in [0.1, 0.15) is 16.1 Å². The maximum absolute atomic E-state index is 12.7. The monoisotopic (exact) mass is 477 g/mol. The summed E-state index contributed by atoms with van der Waals surface area (Å²) < 4.78 is 44.4. The number of thiol groups is 1. The van der Waals surface area contributed by atoms with Gasteiger partial charge in [0.05, 0.1) is 23.4 Å². The number of halogens is 5. The fraction of sp³-hybridized carbons (Fsp3) is 0.158. The molecule has 1 aromatic heterocycles. The molecular formula is C19H16Cl2F3N3O2S. The molecule has 1 heterocycles.